The molecule has 0 saturated carbocycles. The van der Waals surface area contributed by atoms with E-state index >= 15 is 0 Å². The van der Waals surface area contributed by atoms with Gasteiger partial charge in [-0.3, -0.25) is 0 Å². The number of sulfonamides is 1. The number of hydrogen-bond donors (Lipinski definition) is 1. The number of hydrogen-bond acceptors (Lipinski definition) is 4. The molecule has 0 fully saturated rings. The second kappa shape index (κ2) is 5.21. The maximum atomic E-state index is 11.4. The molecule has 0 bridgehead atoms. The predicted molar refractivity (Wildman–Crippen MR) is 74.8 cm³/mol. The molecule has 0 aliphatic rings. The molecule has 2 rings (SSSR count). The second-order valence-corrected chi connectivity index (χ2v) is 6.18. The molecule has 2 N–H and O–H groups in total. The summed E-state index contributed by atoms with van der Waals surface area (Å²) in [6, 6.07) is 9.97. The summed E-state index contributed by atoms with van der Waals surface area (Å²) in [6.45, 7) is 0. The van der Waals surface area contributed by atoms with E-state index in [2.05, 4.69) is 27.6 Å². The Morgan fingerprint density at radius 1 is 1.17 bits per heavy atom. The van der Waals surface area contributed by atoms with E-state index in [-0.39, 0.29) is 10.8 Å². The zero-order chi connectivity index (χ0) is 13.2. The minimum absolute atomic E-state index is 0.0267. The Hall–Kier alpha value is -1.19. The molecule has 0 amide bonds. The van der Waals surface area contributed by atoms with Crippen molar-refractivity contribution in [3.05, 3.63) is 46.2 Å². The lowest BCUT2D eigenvalue weighted by Gasteiger charge is -2.08. The van der Waals surface area contributed by atoms with Crippen molar-refractivity contribution < 1.29 is 13.2 Å². The minimum Gasteiger partial charge on any atom is -0.438 e. The van der Waals surface area contributed by atoms with Gasteiger partial charge >= 0.3 is 0 Å². The molecule has 1 heterocycles. The van der Waals surface area contributed by atoms with Crippen molar-refractivity contribution >= 4 is 32.6 Å². The molecular formula is C11H9IN2O3S. The van der Waals surface area contributed by atoms with Gasteiger partial charge in [0.05, 0.1) is 0 Å². The molecule has 18 heavy (non-hydrogen) atoms. The lowest BCUT2D eigenvalue weighted by molar-refractivity contribution is 0.447. The summed E-state index contributed by atoms with van der Waals surface area (Å²) < 4.78 is 29.2. The van der Waals surface area contributed by atoms with E-state index in [0.717, 1.165) is 3.57 Å². The average Bonchev–Trinajstić information content (AvgIpc) is 2.31. The van der Waals surface area contributed by atoms with Gasteiger partial charge in [0.25, 0.3) is 0 Å². The third-order valence-corrected chi connectivity index (χ3v) is 3.71. The van der Waals surface area contributed by atoms with Crippen LogP contribution in [0.4, 0.5) is 0 Å². The molecule has 5 nitrogen and oxygen atoms in total. The number of primary sulfonamides is 1. The quantitative estimate of drug-likeness (QED) is 0.833. The van der Waals surface area contributed by atoms with E-state index in [4.69, 9.17) is 9.88 Å². The smallest absolute Gasteiger partial charge is 0.243 e. The summed E-state index contributed by atoms with van der Waals surface area (Å²) in [5.74, 6) is 0.472. The first-order valence-corrected chi connectivity index (χ1v) is 7.50. The van der Waals surface area contributed by atoms with Gasteiger partial charge in [-0.05, 0) is 59.0 Å². The number of rotatable bonds is 3. The number of aromatic nitrogens is 1. The van der Waals surface area contributed by atoms with Crippen LogP contribution >= 0.6 is 22.6 Å². The molecule has 1 aromatic heterocycles. The summed E-state index contributed by atoms with van der Waals surface area (Å²) in [4.78, 5) is 3.74. The first-order valence-electron chi connectivity index (χ1n) is 4.88. The third kappa shape index (κ3) is 3.18. The normalized spacial score (nSPS) is 11.2. The SMILES string of the molecule is NS(=O)(=O)c1cccnc1Oc1ccc(I)cc1. The molecule has 0 unspecified atom stereocenters. The van der Waals surface area contributed by atoms with Crippen LogP contribution in [0.3, 0.4) is 0 Å². The second-order valence-electron chi connectivity index (χ2n) is 3.41. The topological polar surface area (TPSA) is 82.3 Å². The molecule has 0 radical (unpaired) electrons. The van der Waals surface area contributed by atoms with E-state index in [0.29, 0.717) is 5.75 Å². The lowest BCUT2D eigenvalue weighted by Crippen LogP contribution is -2.13. The Morgan fingerprint density at radius 2 is 1.83 bits per heavy atom. The van der Waals surface area contributed by atoms with Crippen LogP contribution in [0.25, 0.3) is 0 Å². The van der Waals surface area contributed by atoms with E-state index in [1.165, 1.54) is 18.3 Å². The first-order chi connectivity index (χ1) is 8.47. The van der Waals surface area contributed by atoms with E-state index in [9.17, 15) is 8.42 Å². The Labute approximate surface area is 118 Å². The van der Waals surface area contributed by atoms with Crippen LogP contribution in [0, 0.1) is 3.57 Å². The number of benzene rings is 1. The van der Waals surface area contributed by atoms with Crippen molar-refractivity contribution in [3.8, 4) is 11.6 Å². The van der Waals surface area contributed by atoms with Crippen LogP contribution in [0.15, 0.2) is 47.5 Å². The van der Waals surface area contributed by atoms with Gasteiger partial charge in [-0.25, -0.2) is 18.5 Å². The summed E-state index contributed by atoms with van der Waals surface area (Å²) >= 11 is 2.16. The molecule has 0 aliphatic heterocycles. The highest BCUT2D eigenvalue weighted by Gasteiger charge is 2.16. The van der Waals surface area contributed by atoms with Gasteiger partial charge in [-0.2, -0.15) is 0 Å². The van der Waals surface area contributed by atoms with Gasteiger partial charge in [0, 0.05) is 9.77 Å². The van der Waals surface area contributed by atoms with Crippen molar-refractivity contribution in [3.63, 3.8) is 0 Å². The van der Waals surface area contributed by atoms with Crippen molar-refractivity contribution in [2.45, 2.75) is 4.90 Å². The van der Waals surface area contributed by atoms with Crippen molar-refractivity contribution in [1.29, 1.82) is 0 Å². The highest BCUT2D eigenvalue weighted by molar-refractivity contribution is 14.1. The molecule has 94 valence electrons. The monoisotopic (exact) mass is 376 g/mol. The summed E-state index contributed by atoms with van der Waals surface area (Å²) in [5, 5.41) is 5.09. The third-order valence-electron chi connectivity index (χ3n) is 2.07. The highest BCUT2D eigenvalue weighted by atomic mass is 127. The van der Waals surface area contributed by atoms with Crippen molar-refractivity contribution in [1.82, 2.24) is 4.98 Å². The van der Waals surface area contributed by atoms with Crippen LogP contribution < -0.4 is 9.88 Å². The highest BCUT2D eigenvalue weighted by Crippen LogP contribution is 2.25. The van der Waals surface area contributed by atoms with Gasteiger partial charge in [0.2, 0.25) is 15.9 Å². The van der Waals surface area contributed by atoms with Crippen LogP contribution in [-0.4, -0.2) is 13.4 Å². The zero-order valence-corrected chi connectivity index (χ0v) is 12.1. The number of nitrogens with zero attached hydrogens (tertiary/aromatic N) is 1. The Bertz CT molecular complexity index is 656. The van der Waals surface area contributed by atoms with E-state index in [1.54, 1.807) is 12.1 Å². The fraction of sp³-hybridized carbons (Fsp3) is 0. The van der Waals surface area contributed by atoms with E-state index < -0.39 is 10.0 Å². The predicted octanol–water partition coefficient (Wildman–Crippen LogP) is 2.13. The number of halogens is 1. The van der Waals surface area contributed by atoms with Crippen molar-refractivity contribution in [2.24, 2.45) is 5.14 Å². The molecule has 1 aromatic carbocycles. The van der Waals surface area contributed by atoms with Gasteiger partial charge < -0.3 is 4.74 Å². The fourth-order valence-electron chi connectivity index (χ4n) is 1.28. The van der Waals surface area contributed by atoms with Gasteiger partial charge in [-0.1, -0.05) is 0 Å². The van der Waals surface area contributed by atoms with Gasteiger partial charge in [0.15, 0.2) is 0 Å². The Balaban J connectivity index is 2.38. The summed E-state index contributed by atoms with van der Waals surface area (Å²) in [6.07, 6.45) is 1.44. The molecule has 0 spiro atoms. The first kappa shape index (κ1) is 13.2. The number of ether oxygens (including phenoxy) is 1. The molecular weight excluding hydrogens is 367 g/mol. The Kier molecular flexibility index (Phi) is 3.83. The molecule has 0 aliphatic carbocycles. The van der Waals surface area contributed by atoms with Gasteiger partial charge in [-0.15, -0.1) is 0 Å². The summed E-state index contributed by atoms with van der Waals surface area (Å²) in [7, 11) is -3.85. The maximum Gasteiger partial charge on any atom is 0.243 e. The molecule has 0 atom stereocenters. The van der Waals surface area contributed by atoms with E-state index in [1.807, 2.05) is 12.1 Å². The standard InChI is InChI=1S/C11H9IN2O3S/c12-8-3-5-9(6-4-8)17-11-10(18(13,15)16)2-1-7-14-11/h1-7H,(H2,13,15,16). The lowest BCUT2D eigenvalue weighted by atomic mass is 10.3. The summed E-state index contributed by atoms with van der Waals surface area (Å²) in [5.41, 5.74) is 0. The van der Waals surface area contributed by atoms with Crippen LogP contribution in [0.2, 0.25) is 0 Å². The molecule has 2 aromatic rings. The molecule has 7 heteroatoms. The molecule has 0 saturated heterocycles. The largest absolute Gasteiger partial charge is 0.438 e. The van der Waals surface area contributed by atoms with Gasteiger partial charge in [0.1, 0.15) is 10.6 Å². The number of nitrogens with two attached hydrogens (primary N) is 1. The van der Waals surface area contributed by atoms with Crippen LogP contribution in [-0.2, 0) is 10.0 Å². The average molecular weight is 376 g/mol. The van der Waals surface area contributed by atoms with Crippen molar-refractivity contribution in [2.75, 3.05) is 0 Å². The minimum atomic E-state index is -3.85. The fourth-order valence-corrected chi connectivity index (χ4v) is 2.25. The van der Waals surface area contributed by atoms with Crippen LogP contribution in [0.1, 0.15) is 0 Å². The van der Waals surface area contributed by atoms with Crippen LogP contribution in [0.5, 0.6) is 11.6 Å². The zero-order valence-electron chi connectivity index (χ0n) is 9.08. The number of pyridine rings is 1. The maximum absolute atomic E-state index is 11.4. The Morgan fingerprint density at radius 3 is 2.44 bits per heavy atom.